The molecule has 0 radical (unpaired) electrons. The number of alkyl halides is 3. The van der Waals surface area contributed by atoms with Gasteiger partial charge in [-0.2, -0.15) is 13.2 Å². The third kappa shape index (κ3) is 3.63. The maximum absolute atomic E-state index is 11.9. The lowest BCUT2D eigenvalue weighted by Gasteiger charge is -2.12. The van der Waals surface area contributed by atoms with Crippen LogP contribution in [0, 0.1) is 0 Å². The number of pyridine rings is 1. The molecule has 1 unspecified atom stereocenters. The van der Waals surface area contributed by atoms with E-state index in [0.29, 0.717) is 4.47 Å². The van der Waals surface area contributed by atoms with E-state index in [1.54, 1.807) is 0 Å². The van der Waals surface area contributed by atoms with Crippen molar-refractivity contribution in [2.45, 2.75) is 18.7 Å². The van der Waals surface area contributed by atoms with Gasteiger partial charge < -0.3 is 5.11 Å². The minimum Gasteiger partial charge on any atom is -0.386 e. The first-order valence-corrected chi connectivity index (χ1v) is 4.54. The molecule has 0 bridgehead atoms. The Morgan fingerprint density at radius 3 is 2.50 bits per heavy atom. The lowest BCUT2D eigenvalue weighted by Crippen LogP contribution is -2.14. The van der Waals surface area contributed by atoms with Crippen LogP contribution in [0.25, 0.3) is 0 Å². The Labute approximate surface area is 86.9 Å². The van der Waals surface area contributed by atoms with Crippen molar-refractivity contribution < 1.29 is 18.3 Å². The smallest absolute Gasteiger partial charge is 0.386 e. The minimum absolute atomic E-state index is 0.0190. The van der Waals surface area contributed by atoms with Crippen LogP contribution in [0.1, 0.15) is 18.2 Å². The summed E-state index contributed by atoms with van der Waals surface area (Å²) >= 11 is 3.09. The Balaban J connectivity index is 2.70. The first kappa shape index (κ1) is 11.5. The van der Waals surface area contributed by atoms with Crippen molar-refractivity contribution >= 4 is 15.9 Å². The van der Waals surface area contributed by atoms with Crippen molar-refractivity contribution in [1.29, 1.82) is 0 Å². The highest BCUT2D eigenvalue weighted by atomic mass is 79.9. The lowest BCUT2D eigenvalue weighted by atomic mass is 10.1. The van der Waals surface area contributed by atoms with E-state index in [0.717, 1.165) is 0 Å². The molecule has 0 amide bonds. The maximum atomic E-state index is 11.9. The van der Waals surface area contributed by atoms with Gasteiger partial charge >= 0.3 is 6.18 Å². The third-order valence-corrected chi connectivity index (χ3v) is 1.99. The summed E-state index contributed by atoms with van der Waals surface area (Å²) in [6, 6.07) is 2.88. The molecular weight excluding hydrogens is 263 g/mol. The highest BCUT2D eigenvalue weighted by Gasteiger charge is 2.32. The summed E-state index contributed by atoms with van der Waals surface area (Å²) in [6.07, 6.45) is -5.91. The number of hydrogen-bond acceptors (Lipinski definition) is 2. The van der Waals surface area contributed by atoms with Gasteiger partial charge in [-0.15, -0.1) is 0 Å². The molecule has 2 nitrogen and oxygen atoms in total. The highest BCUT2D eigenvalue weighted by molar-refractivity contribution is 9.10. The average Bonchev–Trinajstić information content (AvgIpc) is 2.02. The van der Waals surface area contributed by atoms with E-state index in [9.17, 15) is 13.2 Å². The van der Waals surface area contributed by atoms with Crippen LogP contribution >= 0.6 is 15.9 Å². The fraction of sp³-hybridized carbons (Fsp3) is 0.375. The van der Waals surface area contributed by atoms with Crippen LogP contribution in [0.3, 0.4) is 0 Å². The first-order chi connectivity index (χ1) is 6.38. The number of aromatic nitrogens is 1. The van der Waals surface area contributed by atoms with E-state index in [1.165, 1.54) is 18.3 Å². The predicted molar refractivity (Wildman–Crippen MR) is 47.6 cm³/mol. The normalized spacial score (nSPS) is 14.1. The number of aliphatic hydroxyl groups excluding tert-OH is 1. The van der Waals surface area contributed by atoms with Crippen LogP contribution in [-0.4, -0.2) is 16.3 Å². The summed E-state index contributed by atoms with van der Waals surface area (Å²) in [5, 5.41) is 9.15. The molecule has 1 rings (SSSR count). The molecule has 0 aliphatic carbocycles. The Bertz CT molecular complexity index is 298. The van der Waals surface area contributed by atoms with Crippen molar-refractivity contribution in [2.75, 3.05) is 0 Å². The summed E-state index contributed by atoms with van der Waals surface area (Å²) in [7, 11) is 0. The van der Waals surface area contributed by atoms with Crippen LogP contribution in [0.5, 0.6) is 0 Å². The van der Waals surface area contributed by atoms with E-state index in [2.05, 4.69) is 20.9 Å². The largest absolute Gasteiger partial charge is 0.391 e. The zero-order valence-electron chi connectivity index (χ0n) is 6.92. The van der Waals surface area contributed by atoms with Crippen LogP contribution in [-0.2, 0) is 0 Å². The monoisotopic (exact) mass is 269 g/mol. The molecule has 78 valence electrons. The molecule has 0 aromatic carbocycles. The second kappa shape index (κ2) is 4.27. The number of hydrogen-bond donors (Lipinski definition) is 1. The van der Waals surface area contributed by atoms with E-state index in [1.807, 2.05) is 0 Å². The topological polar surface area (TPSA) is 33.1 Å². The lowest BCUT2D eigenvalue weighted by molar-refractivity contribution is -0.154. The second-order valence-electron chi connectivity index (χ2n) is 2.74. The molecule has 1 heterocycles. The van der Waals surface area contributed by atoms with Gasteiger partial charge in [0.1, 0.15) is 6.10 Å². The molecule has 0 spiro atoms. The Kier molecular flexibility index (Phi) is 3.49. The number of aliphatic hydroxyl groups is 1. The van der Waals surface area contributed by atoms with Crippen molar-refractivity contribution in [2.24, 2.45) is 0 Å². The van der Waals surface area contributed by atoms with Crippen LogP contribution in [0.2, 0.25) is 0 Å². The second-order valence-corrected chi connectivity index (χ2v) is 3.65. The summed E-state index contributed by atoms with van der Waals surface area (Å²) in [5.41, 5.74) is 0.0190. The number of rotatable bonds is 2. The van der Waals surface area contributed by atoms with Crippen LogP contribution in [0.4, 0.5) is 13.2 Å². The molecule has 0 fully saturated rings. The van der Waals surface area contributed by atoms with Gasteiger partial charge in [0, 0.05) is 10.7 Å². The quantitative estimate of drug-likeness (QED) is 0.896. The first-order valence-electron chi connectivity index (χ1n) is 3.75. The van der Waals surface area contributed by atoms with E-state index in [4.69, 9.17) is 5.11 Å². The van der Waals surface area contributed by atoms with E-state index < -0.39 is 18.7 Å². The number of halogens is 4. The Hall–Kier alpha value is -0.620. The zero-order valence-corrected chi connectivity index (χ0v) is 8.51. The van der Waals surface area contributed by atoms with Crippen molar-refractivity contribution in [3.8, 4) is 0 Å². The molecule has 1 aromatic heterocycles. The molecular formula is C8H7BrF3NO. The standard InChI is InChI=1S/C8H7BrF3NO/c9-5-1-2-6(13-4-5)7(14)3-8(10,11)12/h1-2,4,7,14H,3H2. The van der Waals surface area contributed by atoms with Crippen molar-refractivity contribution in [3.05, 3.63) is 28.5 Å². The predicted octanol–water partition coefficient (Wildman–Crippen LogP) is 2.83. The van der Waals surface area contributed by atoms with Gasteiger partial charge in [0.25, 0.3) is 0 Å². The van der Waals surface area contributed by atoms with Gasteiger partial charge in [0.2, 0.25) is 0 Å². The number of nitrogens with zero attached hydrogens (tertiary/aromatic N) is 1. The summed E-state index contributed by atoms with van der Waals surface area (Å²) < 4.78 is 36.3. The summed E-state index contributed by atoms with van der Waals surface area (Å²) in [6.45, 7) is 0. The van der Waals surface area contributed by atoms with Crippen LogP contribution in [0.15, 0.2) is 22.8 Å². The third-order valence-electron chi connectivity index (χ3n) is 1.52. The SMILES string of the molecule is OC(CC(F)(F)F)c1ccc(Br)cn1. The molecule has 0 aliphatic rings. The molecule has 0 aliphatic heterocycles. The fourth-order valence-corrected chi connectivity index (χ4v) is 1.14. The van der Waals surface area contributed by atoms with Gasteiger partial charge in [0.15, 0.2) is 0 Å². The highest BCUT2D eigenvalue weighted by Crippen LogP contribution is 2.28. The van der Waals surface area contributed by atoms with Gasteiger partial charge in [-0.3, -0.25) is 4.98 Å². The molecule has 1 atom stereocenters. The van der Waals surface area contributed by atoms with Gasteiger partial charge in [-0.05, 0) is 28.1 Å². The summed E-state index contributed by atoms with van der Waals surface area (Å²) in [5.74, 6) is 0. The maximum Gasteiger partial charge on any atom is 0.391 e. The minimum atomic E-state index is -4.38. The average molecular weight is 270 g/mol. The fourth-order valence-electron chi connectivity index (χ4n) is 0.908. The van der Waals surface area contributed by atoms with E-state index >= 15 is 0 Å². The molecule has 6 heteroatoms. The Morgan fingerprint density at radius 1 is 1.43 bits per heavy atom. The van der Waals surface area contributed by atoms with Crippen molar-refractivity contribution in [3.63, 3.8) is 0 Å². The van der Waals surface area contributed by atoms with E-state index in [-0.39, 0.29) is 5.69 Å². The molecule has 0 saturated carbocycles. The van der Waals surface area contributed by atoms with Gasteiger partial charge in [0.05, 0.1) is 12.1 Å². The van der Waals surface area contributed by atoms with Gasteiger partial charge in [-0.25, -0.2) is 0 Å². The molecule has 14 heavy (non-hydrogen) atoms. The summed E-state index contributed by atoms with van der Waals surface area (Å²) in [4.78, 5) is 3.67. The van der Waals surface area contributed by atoms with Crippen molar-refractivity contribution in [1.82, 2.24) is 4.98 Å². The van der Waals surface area contributed by atoms with Crippen LogP contribution < -0.4 is 0 Å². The molecule has 0 saturated heterocycles. The molecule has 1 aromatic rings. The van der Waals surface area contributed by atoms with Gasteiger partial charge in [-0.1, -0.05) is 0 Å². The Morgan fingerprint density at radius 2 is 2.07 bits per heavy atom. The zero-order chi connectivity index (χ0) is 10.8. The molecule has 1 N–H and O–H groups in total.